The minimum Gasteiger partial charge on any atom is -0.481 e. The molecule has 6 nitrogen and oxygen atoms in total. The molecule has 1 N–H and O–H groups in total. The van der Waals surface area contributed by atoms with E-state index >= 15 is 0 Å². The van der Waals surface area contributed by atoms with Crippen LogP contribution in [0.5, 0.6) is 0 Å². The molecular formula is C17H18N2O4. The van der Waals surface area contributed by atoms with Gasteiger partial charge in [-0.2, -0.15) is 0 Å². The van der Waals surface area contributed by atoms with Crippen molar-refractivity contribution in [3.63, 3.8) is 0 Å². The van der Waals surface area contributed by atoms with Crippen molar-refractivity contribution in [2.45, 2.75) is 25.8 Å². The van der Waals surface area contributed by atoms with E-state index in [1.165, 1.54) is 9.13 Å². The fourth-order valence-corrected chi connectivity index (χ4v) is 3.17. The van der Waals surface area contributed by atoms with Crippen molar-refractivity contribution in [2.75, 3.05) is 0 Å². The first kappa shape index (κ1) is 15.3. The Morgan fingerprint density at radius 2 is 1.96 bits per heavy atom. The highest BCUT2D eigenvalue weighted by Gasteiger charge is 2.29. The van der Waals surface area contributed by atoms with E-state index in [9.17, 15) is 19.5 Å². The summed E-state index contributed by atoms with van der Waals surface area (Å²) in [5, 5.41) is 9.21. The molecule has 0 spiro atoms. The summed E-state index contributed by atoms with van der Waals surface area (Å²) >= 11 is 0. The second kappa shape index (κ2) is 5.87. The lowest BCUT2D eigenvalue weighted by Gasteiger charge is -2.24. The van der Waals surface area contributed by atoms with Gasteiger partial charge in [-0.25, -0.2) is 4.79 Å². The van der Waals surface area contributed by atoms with Gasteiger partial charge in [0, 0.05) is 18.3 Å². The highest BCUT2D eigenvalue weighted by atomic mass is 16.4. The number of aromatic nitrogens is 2. The second-order valence-electron chi connectivity index (χ2n) is 5.92. The van der Waals surface area contributed by atoms with Gasteiger partial charge in [-0.3, -0.25) is 14.2 Å². The van der Waals surface area contributed by atoms with Gasteiger partial charge in [-0.1, -0.05) is 30.3 Å². The summed E-state index contributed by atoms with van der Waals surface area (Å²) in [4.78, 5) is 36.4. The molecule has 1 aliphatic rings. The summed E-state index contributed by atoms with van der Waals surface area (Å²) in [5.74, 6) is -1.45. The smallest absolute Gasteiger partial charge is 0.331 e. The van der Waals surface area contributed by atoms with Crippen LogP contribution in [0.4, 0.5) is 0 Å². The van der Waals surface area contributed by atoms with Crippen LogP contribution in [0.3, 0.4) is 0 Å². The Morgan fingerprint density at radius 1 is 1.26 bits per heavy atom. The summed E-state index contributed by atoms with van der Waals surface area (Å²) in [6.45, 7) is 0.192. The highest BCUT2D eigenvalue weighted by molar-refractivity contribution is 5.70. The van der Waals surface area contributed by atoms with Crippen LogP contribution in [0.1, 0.15) is 23.2 Å². The molecule has 6 heteroatoms. The van der Waals surface area contributed by atoms with Crippen LogP contribution < -0.4 is 11.2 Å². The molecule has 1 aromatic heterocycles. The monoisotopic (exact) mass is 314 g/mol. The Balaban J connectivity index is 2.10. The molecule has 0 saturated carbocycles. The Hall–Kier alpha value is -2.63. The molecule has 2 aromatic rings. The average molecular weight is 314 g/mol. The topological polar surface area (TPSA) is 81.3 Å². The molecule has 1 aliphatic carbocycles. The van der Waals surface area contributed by atoms with Crippen molar-refractivity contribution in [3.05, 3.63) is 68.0 Å². The van der Waals surface area contributed by atoms with Crippen LogP contribution in [0.2, 0.25) is 0 Å². The maximum absolute atomic E-state index is 12.7. The van der Waals surface area contributed by atoms with E-state index in [1.54, 1.807) is 7.05 Å². The number of benzene rings is 1. The lowest BCUT2D eigenvalue weighted by Crippen LogP contribution is -2.45. The van der Waals surface area contributed by atoms with Crippen LogP contribution in [0, 0.1) is 5.92 Å². The number of carboxylic acid groups (broad SMARTS) is 1. The van der Waals surface area contributed by atoms with E-state index in [0.29, 0.717) is 24.1 Å². The third-order valence-corrected chi connectivity index (χ3v) is 4.49. The first-order chi connectivity index (χ1) is 11.0. The zero-order chi connectivity index (χ0) is 16.6. The standard InChI is InChI=1S/C17H18N2O4/c1-18-14-8-7-12(16(21)22)9-13(14)15(20)19(17(18)23)10-11-5-3-2-4-6-11/h2-6,12H,7-10H2,1H3,(H,21,22). The summed E-state index contributed by atoms with van der Waals surface area (Å²) in [7, 11) is 1.64. The van der Waals surface area contributed by atoms with Gasteiger partial charge >= 0.3 is 11.7 Å². The van der Waals surface area contributed by atoms with Gasteiger partial charge in [0.1, 0.15) is 0 Å². The Morgan fingerprint density at radius 3 is 2.61 bits per heavy atom. The van der Waals surface area contributed by atoms with Gasteiger partial charge in [0.25, 0.3) is 5.56 Å². The van der Waals surface area contributed by atoms with Crippen molar-refractivity contribution in [2.24, 2.45) is 13.0 Å². The van der Waals surface area contributed by atoms with Crippen LogP contribution >= 0.6 is 0 Å². The molecule has 1 heterocycles. The maximum Gasteiger partial charge on any atom is 0.331 e. The zero-order valence-corrected chi connectivity index (χ0v) is 12.9. The minimum absolute atomic E-state index is 0.187. The second-order valence-corrected chi connectivity index (χ2v) is 5.92. The van der Waals surface area contributed by atoms with Crippen molar-refractivity contribution >= 4 is 5.97 Å². The molecule has 0 saturated heterocycles. The zero-order valence-electron chi connectivity index (χ0n) is 12.9. The van der Waals surface area contributed by atoms with Gasteiger partial charge in [0.15, 0.2) is 0 Å². The molecule has 0 fully saturated rings. The third kappa shape index (κ3) is 2.72. The fraction of sp³-hybridized carbons (Fsp3) is 0.353. The normalized spacial score (nSPS) is 16.8. The highest BCUT2D eigenvalue weighted by Crippen LogP contribution is 2.22. The molecule has 1 unspecified atom stereocenters. The lowest BCUT2D eigenvalue weighted by atomic mass is 9.87. The first-order valence-corrected chi connectivity index (χ1v) is 7.57. The van der Waals surface area contributed by atoms with Crippen LogP contribution in [-0.2, 0) is 31.2 Å². The summed E-state index contributed by atoms with van der Waals surface area (Å²) in [6, 6.07) is 9.28. The van der Waals surface area contributed by atoms with Gasteiger partial charge in [0.05, 0.1) is 12.5 Å². The number of fused-ring (bicyclic) bond motifs is 1. The van der Waals surface area contributed by atoms with Gasteiger partial charge < -0.3 is 9.67 Å². The van der Waals surface area contributed by atoms with E-state index in [1.807, 2.05) is 30.3 Å². The Bertz CT molecular complexity index is 865. The van der Waals surface area contributed by atoms with Gasteiger partial charge in [-0.05, 0) is 24.8 Å². The van der Waals surface area contributed by atoms with Gasteiger partial charge in [0.2, 0.25) is 0 Å². The summed E-state index contributed by atoms with van der Waals surface area (Å²) in [5.41, 5.74) is 1.27. The SMILES string of the molecule is Cn1c2c(c(=O)n(Cc3ccccc3)c1=O)CC(C(=O)O)CC2. The molecule has 0 bridgehead atoms. The minimum atomic E-state index is -0.890. The van der Waals surface area contributed by atoms with Crippen molar-refractivity contribution < 1.29 is 9.90 Å². The molecule has 0 aliphatic heterocycles. The number of rotatable bonds is 3. The Labute approximate surface area is 132 Å². The maximum atomic E-state index is 12.7. The molecular weight excluding hydrogens is 296 g/mol. The number of hydrogen-bond donors (Lipinski definition) is 1. The van der Waals surface area contributed by atoms with E-state index in [-0.39, 0.29) is 24.2 Å². The van der Waals surface area contributed by atoms with E-state index in [2.05, 4.69) is 0 Å². The summed E-state index contributed by atoms with van der Waals surface area (Å²) in [6.07, 6.45) is 1.09. The molecule has 1 aromatic carbocycles. The number of aliphatic carboxylic acids is 1. The Kier molecular flexibility index (Phi) is 3.90. The lowest BCUT2D eigenvalue weighted by molar-refractivity contribution is -0.142. The van der Waals surface area contributed by atoms with Crippen molar-refractivity contribution in [1.29, 1.82) is 0 Å². The molecule has 120 valence electrons. The summed E-state index contributed by atoms with van der Waals surface area (Å²) < 4.78 is 2.68. The van der Waals surface area contributed by atoms with E-state index < -0.39 is 11.9 Å². The average Bonchev–Trinajstić information content (AvgIpc) is 2.57. The largest absolute Gasteiger partial charge is 0.481 e. The first-order valence-electron chi connectivity index (χ1n) is 7.57. The van der Waals surface area contributed by atoms with Gasteiger partial charge in [-0.15, -0.1) is 0 Å². The predicted molar refractivity (Wildman–Crippen MR) is 84.6 cm³/mol. The number of nitrogens with zero attached hydrogens (tertiary/aromatic N) is 2. The van der Waals surface area contributed by atoms with E-state index in [4.69, 9.17) is 0 Å². The number of hydrogen-bond acceptors (Lipinski definition) is 3. The molecule has 3 rings (SSSR count). The third-order valence-electron chi connectivity index (χ3n) is 4.49. The predicted octanol–water partition coefficient (Wildman–Crippen LogP) is 0.785. The molecule has 0 amide bonds. The molecule has 23 heavy (non-hydrogen) atoms. The quantitative estimate of drug-likeness (QED) is 0.908. The number of carboxylic acids is 1. The molecule has 0 radical (unpaired) electrons. The van der Waals surface area contributed by atoms with Crippen molar-refractivity contribution in [1.82, 2.24) is 9.13 Å². The van der Waals surface area contributed by atoms with Crippen LogP contribution in [0.15, 0.2) is 39.9 Å². The van der Waals surface area contributed by atoms with E-state index in [0.717, 1.165) is 5.56 Å². The fourth-order valence-electron chi connectivity index (χ4n) is 3.17. The molecule has 1 atom stereocenters. The van der Waals surface area contributed by atoms with Crippen molar-refractivity contribution in [3.8, 4) is 0 Å². The van der Waals surface area contributed by atoms with Crippen LogP contribution in [-0.4, -0.2) is 20.2 Å². The number of carbonyl (C=O) groups is 1. The van der Waals surface area contributed by atoms with Crippen LogP contribution in [0.25, 0.3) is 0 Å².